The molecule has 0 bridgehead atoms. The molecule has 0 saturated carbocycles. The summed E-state index contributed by atoms with van der Waals surface area (Å²) in [6.45, 7) is 4.87. The number of rotatable bonds is 5. The molecule has 0 fully saturated rings. The molecule has 0 spiro atoms. The van der Waals surface area contributed by atoms with Crippen molar-refractivity contribution in [1.82, 2.24) is 9.13 Å². The molecule has 12 rings (SSSR count). The molecule has 2 aliphatic carbocycles. The second-order valence-corrected chi connectivity index (χ2v) is 17.0. The lowest BCUT2D eigenvalue weighted by atomic mass is 9.73. The maximum atomic E-state index is 2.55. The maximum Gasteiger partial charge on any atom is 0.0541 e. The molecule has 8 aromatic carbocycles. The Morgan fingerprint density at radius 1 is 0.424 bits per heavy atom. The molecule has 0 N–H and O–H groups in total. The normalized spacial score (nSPS) is 15.3. The van der Waals surface area contributed by atoms with E-state index in [2.05, 4.69) is 223 Å². The van der Waals surface area contributed by atoms with Gasteiger partial charge in [-0.15, -0.1) is 0 Å². The third kappa shape index (κ3) is 5.19. The Morgan fingerprint density at radius 3 is 1.66 bits per heavy atom. The fourth-order valence-corrected chi connectivity index (χ4v) is 10.5. The molecule has 0 aliphatic heterocycles. The second kappa shape index (κ2) is 12.9. The van der Waals surface area contributed by atoms with Crippen molar-refractivity contribution in [3.05, 3.63) is 217 Å². The largest absolute Gasteiger partial charge is 0.313 e. The Hall–Kier alpha value is -7.16. The lowest BCUT2D eigenvalue weighted by Crippen LogP contribution is -2.27. The number of hydrogen-bond donors (Lipinski definition) is 0. The standard InChI is InChI=1S/C57H42N2/c1-57(2)51-19-11-9-17-45(51)47-35-50-49-34-42(28-32-55(49)59(56(50)36-52(47)57)44-29-25-38(26-30-44)37-13-5-3-6-14-37)40-23-21-39(22-24-40)41-27-31-54-48(33-41)46-18-10-12-20-53(46)58(54)43-15-7-4-8-16-43/h3-35,52H,36H2,1-2H3. The highest BCUT2D eigenvalue weighted by Crippen LogP contribution is 2.55. The molecule has 1 atom stereocenters. The number of para-hydroxylation sites is 2. The van der Waals surface area contributed by atoms with Crippen molar-refractivity contribution in [2.24, 2.45) is 5.92 Å². The first kappa shape index (κ1) is 33.9. The van der Waals surface area contributed by atoms with Gasteiger partial charge in [-0.1, -0.05) is 153 Å². The number of nitrogens with zero attached hydrogens (tertiary/aromatic N) is 2. The predicted molar refractivity (Wildman–Crippen MR) is 248 cm³/mol. The van der Waals surface area contributed by atoms with Crippen LogP contribution in [0, 0.1) is 5.92 Å². The van der Waals surface area contributed by atoms with E-state index in [1.807, 2.05) is 0 Å². The summed E-state index contributed by atoms with van der Waals surface area (Å²) in [5, 5.41) is 3.85. The Bertz CT molecular complexity index is 3290. The van der Waals surface area contributed by atoms with Crippen LogP contribution in [0.5, 0.6) is 0 Å². The second-order valence-electron chi connectivity index (χ2n) is 17.0. The average molecular weight is 755 g/mol. The van der Waals surface area contributed by atoms with E-state index in [0.29, 0.717) is 5.92 Å². The Kier molecular flexibility index (Phi) is 7.43. The molecular formula is C57H42N2. The summed E-state index contributed by atoms with van der Waals surface area (Å²) in [4.78, 5) is 0. The lowest BCUT2D eigenvalue weighted by molar-refractivity contribution is 0.405. The van der Waals surface area contributed by atoms with Gasteiger partial charge in [0.15, 0.2) is 0 Å². The number of hydrogen-bond acceptors (Lipinski definition) is 0. The minimum atomic E-state index is 0.0506. The van der Waals surface area contributed by atoms with Crippen molar-refractivity contribution in [2.75, 3.05) is 0 Å². The highest BCUT2D eigenvalue weighted by Gasteiger charge is 2.45. The smallest absolute Gasteiger partial charge is 0.0541 e. The summed E-state index contributed by atoms with van der Waals surface area (Å²) in [7, 11) is 0. The summed E-state index contributed by atoms with van der Waals surface area (Å²) in [5.74, 6) is 0.417. The molecule has 0 saturated heterocycles. The van der Waals surface area contributed by atoms with Crippen molar-refractivity contribution in [3.63, 3.8) is 0 Å². The molecule has 2 heteroatoms. The first-order valence-electron chi connectivity index (χ1n) is 20.9. The van der Waals surface area contributed by atoms with E-state index >= 15 is 0 Å². The van der Waals surface area contributed by atoms with Crippen LogP contribution in [-0.2, 0) is 11.8 Å². The zero-order valence-electron chi connectivity index (χ0n) is 33.2. The van der Waals surface area contributed by atoms with E-state index in [-0.39, 0.29) is 5.41 Å². The van der Waals surface area contributed by atoms with Crippen LogP contribution >= 0.6 is 0 Å². The van der Waals surface area contributed by atoms with E-state index < -0.39 is 0 Å². The van der Waals surface area contributed by atoms with Crippen LogP contribution in [0.15, 0.2) is 194 Å². The van der Waals surface area contributed by atoms with Gasteiger partial charge < -0.3 is 9.13 Å². The van der Waals surface area contributed by atoms with Gasteiger partial charge in [0, 0.05) is 38.8 Å². The van der Waals surface area contributed by atoms with Crippen LogP contribution in [0.1, 0.15) is 36.2 Å². The van der Waals surface area contributed by atoms with Gasteiger partial charge in [0.1, 0.15) is 0 Å². The predicted octanol–water partition coefficient (Wildman–Crippen LogP) is 14.7. The van der Waals surface area contributed by atoms with Crippen LogP contribution in [0.4, 0.5) is 0 Å². The third-order valence-corrected chi connectivity index (χ3v) is 13.5. The van der Waals surface area contributed by atoms with Gasteiger partial charge in [0.25, 0.3) is 0 Å². The van der Waals surface area contributed by atoms with Gasteiger partial charge in [0.05, 0.1) is 16.6 Å². The van der Waals surface area contributed by atoms with E-state index in [9.17, 15) is 0 Å². The van der Waals surface area contributed by atoms with Gasteiger partial charge in [-0.2, -0.15) is 0 Å². The summed E-state index contributed by atoms with van der Waals surface area (Å²) < 4.78 is 4.92. The topological polar surface area (TPSA) is 9.86 Å². The zero-order chi connectivity index (χ0) is 39.2. The minimum Gasteiger partial charge on any atom is -0.313 e. The Balaban J connectivity index is 0.961. The number of benzene rings is 8. The first-order valence-corrected chi connectivity index (χ1v) is 20.9. The van der Waals surface area contributed by atoms with Crippen LogP contribution in [-0.4, -0.2) is 9.13 Å². The van der Waals surface area contributed by atoms with Gasteiger partial charge in [-0.05, 0) is 129 Å². The molecule has 0 radical (unpaired) electrons. The molecule has 0 amide bonds. The van der Waals surface area contributed by atoms with Crippen molar-refractivity contribution >= 4 is 44.4 Å². The highest BCUT2D eigenvalue weighted by molar-refractivity contribution is 6.10. The van der Waals surface area contributed by atoms with Crippen LogP contribution in [0.3, 0.4) is 0 Å². The van der Waals surface area contributed by atoms with Gasteiger partial charge in [0.2, 0.25) is 0 Å². The van der Waals surface area contributed by atoms with Crippen molar-refractivity contribution in [3.8, 4) is 44.8 Å². The summed E-state index contributed by atoms with van der Waals surface area (Å²) >= 11 is 0. The van der Waals surface area contributed by atoms with E-state index in [4.69, 9.17) is 0 Å². The molecule has 2 aromatic heterocycles. The molecule has 2 nitrogen and oxygen atoms in total. The monoisotopic (exact) mass is 754 g/mol. The fourth-order valence-electron chi connectivity index (χ4n) is 10.5. The van der Waals surface area contributed by atoms with Gasteiger partial charge in [-0.3, -0.25) is 0 Å². The molecule has 280 valence electrons. The minimum absolute atomic E-state index is 0.0506. The molecular weight excluding hydrogens is 713 g/mol. The van der Waals surface area contributed by atoms with Crippen molar-refractivity contribution in [2.45, 2.75) is 25.7 Å². The molecule has 2 heterocycles. The van der Waals surface area contributed by atoms with Gasteiger partial charge in [-0.25, -0.2) is 0 Å². The lowest BCUT2D eigenvalue weighted by Gasteiger charge is -2.31. The molecule has 1 unspecified atom stereocenters. The fraction of sp³-hybridized carbons (Fsp3) is 0.0877. The molecule has 10 aromatic rings. The summed E-state index contributed by atoms with van der Waals surface area (Å²) in [6, 6.07) is 71.5. The maximum absolute atomic E-state index is 2.55. The van der Waals surface area contributed by atoms with Crippen LogP contribution in [0.25, 0.3) is 89.1 Å². The number of fused-ring (bicyclic) bond motifs is 9. The molecule has 2 aliphatic rings. The number of allylic oxidation sites excluding steroid dienone is 1. The van der Waals surface area contributed by atoms with E-state index in [0.717, 1.165) is 6.42 Å². The van der Waals surface area contributed by atoms with E-state index in [1.54, 1.807) is 0 Å². The van der Waals surface area contributed by atoms with Crippen molar-refractivity contribution in [1.29, 1.82) is 0 Å². The zero-order valence-corrected chi connectivity index (χ0v) is 33.2. The van der Waals surface area contributed by atoms with Gasteiger partial charge >= 0.3 is 0 Å². The highest BCUT2D eigenvalue weighted by atomic mass is 15.0. The summed E-state index contributed by atoms with van der Waals surface area (Å²) in [5.41, 5.74) is 20.6. The average Bonchev–Trinajstić information content (AvgIpc) is 3.88. The van der Waals surface area contributed by atoms with Crippen LogP contribution in [0.2, 0.25) is 0 Å². The Morgan fingerprint density at radius 2 is 0.932 bits per heavy atom. The molecule has 59 heavy (non-hydrogen) atoms. The van der Waals surface area contributed by atoms with Crippen LogP contribution < -0.4 is 0 Å². The number of aromatic nitrogens is 2. The summed E-state index contributed by atoms with van der Waals surface area (Å²) in [6.07, 6.45) is 3.53. The van der Waals surface area contributed by atoms with E-state index in [1.165, 1.54) is 105 Å². The first-order chi connectivity index (χ1) is 29.0. The Labute approximate surface area is 345 Å². The third-order valence-electron chi connectivity index (χ3n) is 13.5. The quantitative estimate of drug-likeness (QED) is 0.166. The van der Waals surface area contributed by atoms with Crippen molar-refractivity contribution < 1.29 is 0 Å². The SMILES string of the molecule is CC1(C)c2ccccc2C2=Cc3c(n(-c4ccc(-c5ccccc5)cc4)c4ccc(-c5ccc(-c6ccc7c(c6)c6ccccc6n7-c6ccccc6)cc5)cc34)CC21.